The van der Waals surface area contributed by atoms with Crippen LogP contribution in [0.5, 0.6) is 5.88 Å². The van der Waals surface area contributed by atoms with Crippen LogP contribution in [-0.2, 0) is 11.3 Å². The van der Waals surface area contributed by atoms with E-state index in [1.807, 2.05) is 26.0 Å². The lowest BCUT2D eigenvalue weighted by Gasteiger charge is -2.36. The number of aromatic nitrogens is 2. The number of hydrogen-bond donors (Lipinski definition) is 1. The summed E-state index contributed by atoms with van der Waals surface area (Å²) in [7, 11) is 0. The molecule has 0 aliphatic carbocycles. The fourth-order valence-corrected chi connectivity index (χ4v) is 4.29. The van der Waals surface area contributed by atoms with Gasteiger partial charge in [0.25, 0.3) is 0 Å². The molecular formula is C23H22N4O3S. The highest BCUT2D eigenvalue weighted by Gasteiger charge is 2.32. The van der Waals surface area contributed by atoms with E-state index < -0.39 is 5.97 Å². The van der Waals surface area contributed by atoms with Gasteiger partial charge in [-0.2, -0.15) is 5.26 Å². The van der Waals surface area contributed by atoms with E-state index in [9.17, 15) is 10.1 Å². The van der Waals surface area contributed by atoms with Crippen LogP contribution in [0.1, 0.15) is 25.0 Å². The number of nitrogens with zero attached hydrogens (tertiary/aromatic N) is 4. The molecule has 1 fully saturated rings. The fraction of sp³-hybridized carbons (Fsp3) is 0.304. The highest BCUT2D eigenvalue weighted by Crippen LogP contribution is 2.33. The van der Waals surface area contributed by atoms with Crippen LogP contribution in [0.4, 0.5) is 0 Å². The molecule has 1 aliphatic heterocycles. The average Bonchev–Trinajstić information content (AvgIpc) is 3.20. The van der Waals surface area contributed by atoms with Crippen LogP contribution in [0.2, 0.25) is 0 Å². The molecule has 31 heavy (non-hydrogen) atoms. The van der Waals surface area contributed by atoms with Gasteiger partial charge < -0.3 is 9.84 Å². The minimum atomic E-state index is -0.717. The highest BCUT2D eigenvalue weighted by molar-refractivity contribution is 7.18. The molecule has 0 unspecified atom stereocenters. The highest BCUT2D eigenvalue weighted by atomic mass is 32.1. The van der Waals surface area contributed by atoms with Crippen LogP contribution in [-0.4, -0.2) is 45.1 Å². The number of benzene rings is 1. The van der Waals surface area contributed by atoms with E-state index in [1.54, 1.807) is 18.5 Å². The first-order chi connectivity index (χ1) is 14.9. The van der Waals surface area contributed by atoms with Crippen molar-refractivity contribution >= 4 is 17.3 Å². The molecule has 0 saturated carbocycles. The van der Waals surface area contributed by atoms with E-state index in [0.29, 0.717) is 24.5 Å². The third-order valence-electron chi connectivity index (χ3n) is 5.02. The van der Waals surface area contributed by atoms with Gasteiger partial charge >= 0.3 is 5.97 Å². The maximum absolute atomic E-state index is 10.9. The number of aliphatic carboxylic acids is 1. The van der Waals surface area contributed by atoms with Gasteiger partial charge in [-0.05, 0) is 25.5 Å². The van der Waals surface area contributed by atoms with Crippen LogP contribution in [0.15, 0.2) is 42.7 Å². The monoisotopic (exact) mass is 434 g/mol. The second-order valence-corrected chi connectivity index (χ2v) is 8.84. The molecule has 1 N–H and O–H groups in total. The van der Waals surface area contributed by atoms with E-state index in [0.717, 1.165) is 33.1 Å². The number of thiazole rings is 1. The Morgan fingerprint density at radius 2 is 2.00 bits per heavy atom. The molecule has 0 spiro atoms. The summed E-state index contributed by atoms with van der Waals surface area (Å²) in [6.45, 7) is 5.75. The minimum Gasteiger partial charge on any atom is -0.481 e. The smallest absolute Gasteiger partial charge is 0.309 e. The number of likely N-dealkylation sites (tertiary alicyclic amines) is 1. The largest absolute Gasteiger partial charge is 0.481 e. The molecular weight excluding hydrogens is 412 g/mol. The van der Waals surface area contributed by atoms with Crippen LogP contribution < -0.4 is 4.74 Å². The van der Waals surface area contributed by atoms with Crippen molar-refractivity contribution in [3.63, 3.8) is 0 Å². The Bertz CT molecular complexity index is 1130. The molecule has 0 amide bonds. The van der Waals surface area contributed by atoms with Crippen molar-refractivity contribution in [3.8, 4) is 33.0 Å². The van der Waals surface area contributed by atoms with E-state index in [4.69, 9.17) is 9.84 Å². The first-order valence-electron chi connectivity index (χ1n) is 10.0. The number of carboxylic acids is 1. The third-order valence-corrected chi connectivity index (χ3v) is 6.12. The fourth-order valence-electron chi connectivity index (χ4n) is 3.39. The predicted octanol–water partition coefficient (Wildman–Crippen LogP) is 4.05. The molecule has 8 heteroatoms. The van der Waals surface area contributed by atoms with Gasteiger partial charge in [0.05, 0.1) is 16.9 Å². The first kappa shape index (κ1) is 21.0. The maximum Gasteiger partial charge on any atom is 0.309 e. The van der Waals surface area contributed by atoms with Crippen LogP contribution in [0.25, 0.3) is 21.0 Å². The van der Waals surface area contributed by atoms with Gasteiger partial charge in [-0.3, -0.25) is 9.69 Å². The molecule has 7 nitrogen and oxygen atoms in total. The number of carboxylic acid groups (broad SMARTS) is 1. The number of ether oxygens (including phenoxy) is 1. The van der Waals surface area contributed by atoms with Crippen LogP contribution >= 0.6 is 11.3 Å². The summed E-state index contributed by atoms with van der Waals surface area (Å²) in [6.07, 6.45) is 3.44. The van der Waals surface area contributed by atoms with Crippen molar-refractivity contribution in [2.24, 2.45) is 5.92 Å². The van der Waals surface area contributed by atoms with Gasteiger partial charge in [0.1, 0.15) is 16.6 Å². The molecule has 158 valence electrons. The molecule has 4 rings (SSSR count). The summed E-state index contributed by atoms with van der Waals surface area (Å²) < 4.78 is 5.59. The Morgan fingerprint density at radius 1 is 1.26 bits per heavy atom. The molecule has 1 aromatic carbocycles. The lowest BCUT2D eigenvalue weighted by atomic mass is 9.99. The Balaban J connectivity index is 1.45. The van der Waals surface area contributed by atoms with Crippen molar-refractivity contribution in [1.29, 1.82) is 5.26 Å². The summed E-state index contributed by atoms with van der Waals surface area (Å²) in [5.74, 6) is -0.612. The summed E-state index contributed by atoms with van der Waals surface area (Å²) >= 11 is 1.54. The van der Waals surface area contributed by atoms with Gasteiger partial charge in [-0.25, -0.2) is 9.97 Å². The molecule has 0 radical (unpaired) electrons. The molecule has 1 aliphatic rings. The normalized spacial score (nSPS) is 14.3. The number of hydrogen-bond acceptors (Lipinski definition) is 7. The zero-order valence-electron chi connectivity index (χ0n) is 17.3. The van der Waals surface area contributed by atoms with Crippen LogP contribution in [0.3, 0.4) is 0 Å². The van der Waals surface area contributed by atoms with Crippen molar-refractivity contribution in [1.82, 2.24) is 14.9 Å². The van der Waals surface area contributed by atoms with E-state index >= 15 is 0 Å². The SMILES string of the molecule is CC(C)Oc1ncc(-c2cnc(-c3ccc(CN4CC(C(=O)O)C4)cc3)s2)cc1C#N. The molecule has 3 aromatic rings. The second kappa shape index (κ2) is 8.84. The van der Waals surface area contributed by atoms with Gasteiger partial charge in [0.15, 0.2) is 0 Å². The molecule has 0 atom stereocenters. The standard InChI is InChI=1S/C23H22N4O3S/c1-14(2)30-21-17(8-24)7-18(9-25-21)20-10-26-22(31-20)16-5-3-15(4-6-16)11-27-12-19(13-27)23(28)29/h3-7,9-10,14,19H,11-13H2,1-2H3,(H,28,29). The minimum absolute atomic E-state index is 0.0527. The van der Waals surface area contributed by atoms with Crippen LogP contribution in [0, 0.1) is 17.2 Å². The number of pyridine rings is 1. The van der Waals surface area contributed by atoms with Gasteiger partial charge in [-0.15, -0.1) is 11.3 Å². The van der Waals surface area contributed by atoms with Crippen molar-refractivity contribution in [2.75, 3.05) is 13.1 Å². The Kier molecular flexibility index (Phi) is 5.98. The number of carbonyl (C=O) groups is 1. The maximum atomic E-state index is 10.9. The molecule has 1 saturated heterocycles. The van der Waals surface area contributed by atoms with Gasteiger partial charge in [0, 0.05) is 43.2 Å². The quantitative estimate of drug-likeness (QED) is 0.599. The molecule has 3 heterocycles. The zero-order chi connectivity index (χ0) is 22.0. The predicted molar refractivity (Wildman–Crippen MR) is 118 cm³/mol. The lowest BCUT2D eigenvalue weighted by molar-refractivity contribution is -0.147. The summed E-state index contributed by atoms with van der Waals surface area (Å²) in [6, 6.07) is 12.1. The Labute approximate surface area is 184 Å². The molecule has 0 bridgehead atoms. The van der Waals surface area contributed by atoms with Gasteiger partial charge in [0.2, 0.25) is 5.88 Å². The Hall–Kier alpha value is -3.28. The third kappa shape index (κ3) is 4.74. The summed E-state index contributed by atoms with van der Waals surface area (Å²) in [4.78, 5) is 22.8. The zero-order valence-corrected chi connectivity index (χ0v) is 18.1. The Morgan fingerprint density at radius 3 is 2.65 bits per heavy atom. The lowest BCUT2D eigenvalue weighted by Crippen LogP contribution is -2.49. The average molecular weight is 435 g/mol. The molecule has 2 aromatic heterocycles. The number of nitriles is 1. The van der Waals surface area contributed by atoms with Crippen molar-refractivity contribution < 1.29 is 14.6 Å². The topological polar surface area (TPSA) is 99.3 Å². The van der Waals surface area contributed by atoms with Crippen molar-refractivity contribution in [3.05, 3.63) is 53.9 Å². The summed E-state index contributed by atoms with van der Waals surface area (Å²) in [5, 5.41) is 19.3. The number of rotatable bonds is 7. The van der Waals surface area contributed by atoms with E-state index in [2.05, 4.69) is 33.1 Å². The van der Waals surface area contributed by atoms with E-state index in [1.165, 1.54) is 11.3 Å². The van der Waals surface area contributed by atoms with E-state index in [-0.39, 0.29) is 12.0 Å². The van der Waals surface area contributed by atoms with Gasteiger partial charge in [-0.1, -0.05) is 24.3 Å². The van der Waals surface area contributed by atoms with Crippen molar-refractivity contribution in [2.45, 2.75) is 26.5 Å². The summed E-state index contributed by atoms with van der Waals surface area (Å²) in [5.41, 5.74) is 3.40. The second-order valence-electron chi connectivity index (χ2n) is 7.81. The first-order valence-corrected chi connectivity index (χ1v) is 10.8.